The number of amides is 1. The number of ether oxygens (including phenoxy) is 1. The van der Waals surface area contributed by atoms with E-state index in [1.165, 1.54) is 30.2 Å². The van der Waals surface area contributed by atoms with Gasteiger partial charge in [0.25, 0.3) is 5.91 Å². The molecule has 14 heavy (non-hydrogen) atoms. The predicted molar refractivity (Wildman–Crippen MR) is 51.0 cm³/mol. The Bertz CT molecular complexity index is 350. The lowest BCUT2D eigenvalue weighted by Crippen LogP contribution is -2.21. The first-order valence-corrected chi connectivity index (χ1v) is 4.11. The second kappa shape index (κ2) is 4.09. The maximum absolute atomic E-state index is 13.0. The highest BCUT2D eigenvalue weighted by Gasteiger charge is 2.11. The highest BCUT2D eigenvalue weighted by atomic mass is 19.1. The molecular formula is C10H12FNO2. The van der Waals surface area contributed by atoms with Gasteiger partial charge < -0.3 is 9.64 Å². The Hall–Kier alpha value is -1.58. The molecule has 0 saturated heterocycles. The van der Waals surface area contributed by atoms with E-state index >= 15 is 0 Å². The van der Waals surface area contributed by atoms with Crippen molar-refractivity contribution in [2.75, 3.05) is 21.2 Å². The first-order chi connectivity index (χ1) is 6.56. The van der Waals surface area contributed by atoms with Crippen LogP contribution in [-0.4, -0.2) is 32.0 Å². The van der Waals surface area contributed by atoms with E-state index in [0.29, 0.717) is 5.56 Å². The van der Waals surface area contributed by atoms with Crippen LogP contribution in [0.1, 0.15) is 10.4 Å². The van der Waals surface area contributed by atoms with E-state index < -0.39 is 5.82 Å². The van der Waals surface area contributed by atoms with Crippen LogP contribution in [0, 0.1) is 5.82 Å². The number of hydrogen-bond donors (Lipinski definition) is 0. The zero-order chi connectivity index (χ0) is 10.7. The fraction of sp³-hybridized carbons (Fsp3) is 0.300. The molecular weight excluding hydrogens is 185 g/mol. The predicted octanol–water partition coefficient (Wildman–Crippen LogP) is 1.54. The van der Waals surface area contributed by atoms with Crippen molar-refractivity contribution in [1.29, 1.82) is 0 Å². The normalized spacial score (nSPS) is 9.71. The zero-order valence-corrected chi connectivity index (χ0v) is 8.37. The molecule has 0 heterocycles. The molecule has 0 aliphatic heterocycles. The van der Waals surface area contributed by atoms with E-state index in [-0.39, 0.29) is 11.7 Å². The summed E-state index contributed by atoms with van der Waals surface area (Å²) in [6.45, 7) is 0. The molecule has 3 nitrogen and oxygen atoms in total. The molecule has 0 aromatic heterocycles. The molecule has 0 saturated carbocycles. The third-order valence-electron chi connectivity index (χ3n) is 1.80. The summed E-state index contributed by atoms with van der Waals surface area (Å²) in [5, 5.41) is 0. The van der Waals surface area contributed by atoms with Crippen LogP contribution in [0.4, 0.5) is 4.39 Å². The third kappa shape index (κ3) is 2.02. The van der Waals surface area contributed by atoms with Crippen molar-refractivity contribution in [3.05, 3.63) is 29.6 Å². The summed E-state index contributed by atoms with van der Waals surface area (Å²) in [4.78, 5) is 12.9. The summed E-state index contributed by atoms with van der Waals surface area (Å²) in [7, 11) is 4.64. The van der Waals surface area contributed by atoms with Crippen LogP contribution in [0.2, 0.25) is 0 Å². The molecule has 0 unspecified atom stereocenters. The SMILES string of the molecule is COc1cc(C(=O)N(C)C)ccc1F. The Morgan fingerprint density at radius 3 is 2.57 bits per heavy atom. The average molecular weight is 197 g/mol. The number of halogens is 1. The zero-order valence-electron chi connectivity index (χ0n) is 8.37. The average Bonchev–Trinajstić information content (AvgIpc) is 2.17. The van der Waals surface area contributed by atoms with Crippen molar-refractivity contribution in [3.8, 4) is 5.75 Å². The maximum Gasteiger partial charge on any atom is 0.253 e. The minimum Gasteiger partial charge on any atom is -0.494 e. The molecule has 1 rings (SSSR count). The van der Waals surface area contributed by atoms with Crippen LogP contribution >= 0.6 is 0 Å². The van der Waals surface area contributed by atoms with Gasteiger partial charge in [-0.25, -0.2) is 4.39 Å². The lowest BCUT2D eigenvalue weighted by Gasteiger charge is -2.11. The van der Waals surface area contributed by atoms with E-state index in [1.54, 1.807) is 14.1 Å². The van der Waals surface area contributed by atoms with Gasteiger partial charge in [-0.15, -0.1) is 0 Å². The van der Waals surface area contributed by atoms with E-state index in [1.807, 2.05) is 0 Å². The van der Waals surface area contributed by atoms with Crippen molar-refractivity contribution in [3.63, 3.8) is 0 Å². The van der Waals surface area contributed by atoms with Gasteiger partial charge in [0.15, 0.2) is 11.6 Å². The fourth-order valence-electron chi connectivity index (χ4n) is 1.05. The monoisotopic (exact) mass is 197 g/mol. The first-order valence-electron chi connectivity index (χ1n) is 4.11. The van der Waals surface area contributed by atoms with Crippen LogP contribution in [0.3, 0.4) is 0 Å². The van der Waals surface area contributed by atoms with Gasteiger partial charge in [-0.3, -0.25) is 4.79 Å². The van der Waals surface area contributed by atoms with Crippen LogP contribution in [0.5, 0.6) is 5.75 Å². The van der Waals surface area contributed by atoms with Gasteiger partial charge in [-0.2, -0.15) is 0 Å². The summed E-state index contributed by atoms with van der Waals surface area (Å²) in [5.74, 6) is -0.566. The number of nitrogens with zero attached hydrogens (tertiary/aromatic N) is 1. The smallest absolute Gasteiger partial charge is 0.253 e. The Kier molecular flexibility index (Phi) is 3.06. The van der Waals surface area contributed by atoms with Crippen LogP contribution in [0.15, 0.2) is 18.2 Å². The summed E-state index contributed by atoms with van der Waals surface area (Å²) < 4.78 is 17.8. The summed E-state index contributed by atoms with van der Waals surface area (Å²) >= 11 is 0. The highest BCUT2D eigenvalue weighted by Crippen LogP contribution is 2.18. The molecule has 0 spiro atoms. The molecule has 0 radical (unpaired) electrons. The molecule has 0 fully saturated rings. The molecule has 76 valence electrons. The molecule has 0 bridgehead atoms. The molecule has 1 amide bonds. The number of rotatable bonds is 2. The van der Waals surface area contributed by atoms with Gasteiger partial charge >= 0.3 is 0 Å². The topological polar surface area (TPSA) is 29.5 Å². The standard InChI is InChI=1S/C10H12FNO2/c1-12(2)10(13)7-4-5-8(11)9(6-7)14-3/h4-6H,1-3H3. The third-order valence-corrected chi connectivity index (χ3v) is 1.80. The Balaban J connectivity index is 3.06. The van der Waals surface area contributed by atoms with Gasteiger partial charge in [-0.1, -0.05) is 0 Å². The minimum atomic E-state index is -0.470. The number of carbonyl (C=O) groups excluding carboxylic acids is 1. The summed E-state index contributed by atoms with van der Waals surface area (Å²) in [5.41, 5.74) is 0.410. The highest BCUT2D eigenvalue weighted by molar-refractivity contribution is 5.94. The molecule has 0 N–H and O–H groups in total. The molecule has 0 aliphatic carbocycles. The Labute approximate surface area is 82.1 Å². The van der Waals surface area contributed by atoms with Gasteiger partial charge in [0.1, 0.15) is 0 Å². The summed E-state index contributed by atoms with van der Waals surface area (Å²) in [6.07, 6.45) is 0. The largest absolute Gasteiger partial charge is 0.494 e. The molecule has 0 atom stereocenters. The van der Waals surface area contributed by atoms with Gasteiger partial charge in [-0.05, 0) is 18.2 Å². The lowest BCUT2D eigenvalue weighted by molar-refractivity contribution is 0.0827. The fourth-order valence-corrected chi connectivity index (χ4v) is 1.05. The second-order valence-electron chi connectivity index (χ2n) is 3.05. The first kappa shape index (κ1) is 10.5. The molecule has 4 heteroatoms. The Morgan fingerprint density at radius 2 is 2.07 bits per heavy atom. The van der Waals surface area contributed by atoms with Crippen molar-refractivity contribution < 1.29 is 13.9 Å². The van der Waals surface area contributed by atoms with E-state index in [4.69, 9.17) is 4.74 Å². The van der Waals surface area contributed by atoms with Crippen LogP contribution in [0.25, 0.3) is 0 Å². The van der Waals surface area contributed by atoms with Crippen LogP contribution < -0.4 is 4.74 Å². The number of benzene rings is 1. The van der Waals surface area contributed by atoms with Crippen molar-refractivity contribution in [2.24, 2.45) is 0 Å². The Morgan fingerprint density at radius 1 is 1.43 bits per heavy atom. The number of carbonyl (C=O) groups is 1. The molecule has 1 aromatic carbocycles. The minimum absolute atomic E-state index is 0.0812. The van der Waals surface area contributed by atoms with Gasteiger partial charge in [0, 0.05) is 19.7 Å². The van der Waals surface area contributed by atoms with Crippen LogP contribution in [-0.2, 0) is 0 Å². The van der Waals surface area contributed by atoms with Crippen molar-refractivity contribution in [2.45, 2.75) is 0 Å². The number of methoxy groups -OCH3 is 1. The van der Waals surface area contributed by atoms with E-state index in [9.17, 15) is 9.18 Å². The van der Waals surface area contributed by atoms with Gasteiger partial charge in [0.2, 0.25) is 0 Å². The van der Waals surface area contributed by atoms with Crippen molar-refractivity contribution >= 4 is 5.91 Å². The van der Waals surface area contributed by atoms with E-state index in [0.717, 1.165) is 0 Å². The maximum atomic E-state index is 13.0. The van der Waals surface area contributed by atoms with Gasteiger partial charge in [0.05, 0.1) is 7.11 Å². The lowest BCUT2D eigenvalue weighted by atomic mass is 10.2. The number of hydrogen-bond acceptors (Lipinski definition) is 2. The van der Waals surface area contributed by atoms with Crippen molar-refractivity contribution in [1.82, 2.24) is 4.90 Å². The summed E-state index contributed by atoms with van der Waals surface area (Å²) in [6, 6.07) is 4.04. The quantitative estimate of drug-likeness (QED) is 0.719. The molecule has 0 aliphatic rings. The second-order valence-corrected chi connectivity index (χ2v) is 3.05. The van der Waals surface area contributed by atoms with E-state index in [2.05, 4.69) is 0 Å². The molecule has 1 aromatic rings.